The third-order valence-electron chi connectivity index (χ3n) is 6.47. The van der Waals surface area contributed by atoms with Gasteiger partial charge in [0.25, 0.3) is 5.91 Å². The fraction of sp³-hybridized carbons (Fsp3) is 0.296. The molecule has 10 heteroatoms. The van der Waals surface area contributed by atoms with Crippen LogP contribution in [0, 0.1) is 0 Å². The average molecular weight is 498 g/mol. The molecule has 0 unspecified atom stereocenters. The molecule has 3 N–H and O–H groups in total. The fourth-order valence-corrected chi connectivity index (χ4v) is 4.77. The minimum Gasteiger partial charge on any atom is -0.384 e. The molecule has 190 valence electrons. The zero-order valence-electron chi connectivity index (χ0n) is 21.7. The van der Waals surface area contributed by atoms with Gasteiger partial charge in [-0.2, -0.15) is 10.2 Å². The van der Waals surface area contributed by atoms with E-state index in [1.807, 2.05) is 47.7 Å². The van der Waals surface area contributed by atoms with Gasteiger partial charge < -0.3 is 15.6 Å². The average Bonchev–Trinajstić information content (AvgIpc) is 3.62. The quantitative estimate of drug-likeness (QED) is 0.331. The summed E-state index contributed by atoms with van der Waals surface area (Å²) in [5, 5.41) is 13.6. The molecule has 0 radical (unpaired) electrons. The van der Waals surface area contributed by atoms with E-state index in [-0.39, 0.29) is 5.92 Å². The van der Waals surface area contributed by atoms with E-state index in [4.69, 9.17) is 15.8 Å². The first-order valence-electron chi connectivity index (χ1n) is 12.4. The van der Waals surface area contributed by atoms with Gasteiger partial charge in [-0.1, -0.05) is 20.8 Å². The van der Waals surface area contributed by atoms with E-state index in [2.05, 4.69) is 36.2 Å². The number of hydrogen-bond donors (Lipinski definition) is 2. The van der Waals surface area contributed by atoms with Crippen molar-refractivity contribution < 1.29 is 4.79 Å². The monoisotopic (exact) mass is 497 g/mol. The van der Waals surface area contributed by atoms with Crippen molar-refractivity contribution in [3.8, 4) is 22.6 Å². The van der Waals surface area contributed by atoms with Gasteiger partial charge in [0.1, 0.15) is 0 Å². The van der Waals surface area contributed by atoms with Gasteiger partial charge >= 0.3 is 0 Å². The largest absolute Gasteiger partial charge is 0.384 e. The molecule has 1 aromatic carbocycles. The maximum absolute atomic E-state index is 12.2. The predicted octanol–water partition coefficient (Wildman–Crippen LogP) is 4.22. The number of aryl methyl sites for hydroxylation is 1. The summed E-state index contributed by atoms with van der Waals surface area (Å²) >= 11 is 0. The molecule has 4 heterocycles. The van der Waals surface area contributed by atoms with Crippen LogP contribution in [0.3, 0.4) is 0 Å². The molecule has 37 heavy (non-hydrogen) atoms. The summed E-state index contributed by atoms with van der Waals surface area (Å²) in [5.41, 5.74) is 13.1. The lowest BCUT2D eigenvalue weighted by atomic mass is 10.0. The second-order valence-electron chi connectivity index (χ2n) is 9.28. The molecule has 0 aliphatic carbocycles. The first-order chi connectivity index (χ1) is 17.8. The van der Waals surface area contributed by atoms with Crippen molar-refractivity contribution in [1.82, 2.24) is 34.1 Å². The number of pyridine rings is 1. The fourth-order valence-electron chi connectivity index (χ4n) is 4.77. The Bertz CT molecular complexity index is 1610. The van der Waals surface area contributed by atoms with E-state index in [0.717, 1.165) is 50.6 Å². The van der Waals surface area contributed by atoms with Crippen LogP contribution < -0.4 is 11.1 Å². The summed E-state index contributed by atoms with van der Waals surface area (Å²) in [5.74, 6) is -0.313. The number of fused-ring (bicyclic) bond motifs is 1. The van der Waals surface area contributed by atoms with E-state index in [1.54, 1.807) is 29.5 Å². The van der Waals surface area contributed by atoms with Crippen LogP contribution >= 0.6 is 0 Å². The Morgan fingerprint density at radius 2 is 1.92 bits per heavy atom. The van der Waals surface area contributed by atoms with Crippen LogP contribution in [0.25, 0.3) is 33.7 Å². The van der Waals surface area contributed by atoms with Gasteiger partial charge in [-0.3, -0.25) is 9.48 Å². The number of nitrogens with two attached hydrogens (primary N) is 1. The van der Waals surface area contributed by atoms with Crippen molar-refractivity contribution in [2.24, 2.45) is 12.8 Å². The molecule has 1 amide bonds. The number of amides is 1. The highest BCUT2D eigenvalue weighted by Crippen LogP contribution is 2.34. The Hall–Kier alpha value is -4.47. The normalized spacial score (nSPS) is 11.5. The molecule has 0 saturated heterocycles. The molecule has 0 saturated carbocycles. The number of carbonyl (C=O) groups excluding carboxylic acids is 1. The third-order valence-corrected chi connectivity index (χ3v) is 6.47. The summed E-state index contributed by atoms with van der Waals surface area (Å²) in [6.07, 6.45) is 10.0. The summed E-state index contributed by atoms with van der Waals surface area (Å²) in [7, 11) is 1.89. The van der Waals surface area contributed by atoms with E-state index >= 15 is 0 Å². The number of primary amides is 1. The highest BCUT2D eigenvalue weighted by Gasteiger charge is 2.23. The van der Waals surface area contributed by atoms with E-state index in [9.17, 15) is 4.79 Å². The Kier molecular flexibility index (Phi) is 6.24. The van der Waals surface area contributed by atoms with Crippen molar-refractivity contribution >= 4 is 22.6 Å². The van der Waals surface area contributed by atoms with Gasteiger partial charge in [-0.15, -0.1) is 0 Å². The molecule has 0 aliphatic rings. The molecule has 0 bridgehead atoms. The minimum absolute atomic E-state index is 0.149. The minimum atomic E-state index is -0.463. The van der Waals surface area contributed by atoms with Gasteiger partial charge in [0.15, 0.2) is 5.65 Å². The van der Waals surface area contributed by atoms with Crippen LogP contribution in [0.15, 0.2) is 49.3 Å². The van der Waals surface area contributed by atoms with Crippen molar-refractivity contribution in [3.63, 3.8) is 0 Å². The lowest BCUT2D eigenvalue weighted by molar-refractivity contribution is 0.100. The first-order valence-corrected chi connectivity index (χ1v) is 12.4. The number of aromatic nitrogens is 7. The van der Waals surface area contributed by atoms with Crippen molar-refractivity contribution in [2.45, 2.75) is 40.0 Å². The summed E-state index contributed by atoms with van der Waals surface area (Å²) < 4.78 is 5.65. The maximum Gasteiger partial charge on any atom is 0.250 e. The van der Waals surface area contributed by atoms with Gasteiger partial charge in [-0.25, -0.2) is 14.6 Å². The zero-order chi connectivity index (χ0) is 26.3. The van der Waals surface area contributed by atoms with E-state index < -0.39 is 5.91 Å². The molecular formula is C27H31N9O. The molecule has 0 atom stereocenters. The van der Waals surface area contributed by atoms with Crippen molar-refractivity contribution in [1.29, 1.82) is 0 Å². The summed E-state index contributed by atoms with van der Waals surface area (Å²) in [6, 6.07) is 5.65. The smallest absolute Gasteiger partial charge is 0.250 e. The molecule has 0 spiro atoms. The van der Waals surface area contributed by atoms with Crippen LogP contribution in [0.1, 0.15) is 55.2 Å². The standard InChI is InChI=1S/C27H31N9O/c1-6-18-21(9-8-19(26(28)37)25(18)29-7-2)36-27-23(24(33-36)16(3)4)22(10-11-30-27)35-14-20(31-15-35)17-12-32-34(5)13-17/h8-16,29H,6-7H2,1-5H3,(H2,28,37). The molecule has 0 aliphatic heterocycles. The highest BCUT2D eigenvalue weighted by atomic mass is 16.1. The SMILES string of the molecule is CCNc1c(C(N)=O)ccc(-n2nc(C(C)C)c3c(-n4cnc(-c5cnn(C)c5)c4)ccnc32)c1CC. The number of nitrogens with one attached hydrogen (secondary N) is 1. The molecule has 10 nitrogen and oxygen atoms in total. The Labute approximate surface area is 215 Å². The van der Waals surface area contributed by atoms with E-state index in [1.165, 1.54) is 0 Å². The lowest BCUT2D eigenvalue weighted by Crippen LogP contribution is -2.17. The highest BCUT2D eigenvalue weighted by molar-refractivity contribution is 6.00. The van der Waals surface area contributed by atoms with Crippen LogP contribution in [0.2, 0.25) is 0 Å². The number of imidazole rings is 1. The summed E-state index contributed by atoms with van der Waals surface area (Å²) in [6.45, 7) is 8.97. The van der Waals surface area contributed by atoms with Gasteiger partial charge in [0.05, 0.1) is 51.9 Å². The number of nitrogens with zero attached hydrogens (tertiary/aromatic N) is 7. The number of hydrogen-bond acceptors (Lipinski definition) is 6. The van der Waals surface area contributed by atoms with E-state index in [0.29, 0.717) is 18.5 Å². The van der Waals surface area contributed by atoms with Crippen LogP contribution in [-0.2, 0) is 13.5 Å². The number of rotatable bonds is 8. The Morgan fingerprint density at radius 3 is 2.57 bits per heavy atom. The molecular weight excluding hydrogens is 466 g/mol. The second-order valence-corrected chi connectivity index (χ2v) is 9.28. The van der Waals surface area contributed by atoms with Gasteiger partial charge in [0.2, 0.25) is 0 Å². The predicted molar refractivity (Wildman–Crippen MR) is 144 cm³/mol. The molecule has 5 aromatic rings. The van der Waals surface area contributed by atoms with Crippen molar-refractivity contribution in [2.75, 3.05) is 11.9 Å². The molecule has 0 fully saturated rings. The third kappa shape index (κ3) is 4.14. The lowest BCUT2D eigenvalue weighted by Gasteiger charge is -2.18. The first kappa shape index (κ1) is 24.2. The van der Waals surface area contributed by atoms with Crippen LogP contribution in [-0.4, -0.2) is 46.5 Å². The Morgan fingerprint density at radius 1 is 1.11 bits per heavy atom. The zero-order valence-corrected chi connectivity index (χ0v) is 21.7. The number of carbonyl (C=O) groups is 1. The number of benzene rings is 1. The topological polar surface area (TPSA) is 121 Å². The second kappa shape index (κ2) is 9.53. The van der Waals surface area contributed by atoms with Gasteiger partial charge in [0, 0.05) is 43.3 Å². The van der Waals surface area contributed by atoms with Crippen molar-refractivity contribution in [3.05, 3.63) is 66.1 Å². The van der Waals surface area contributed by atoms with Crippen LogP contribution in [0.4, 0.5) is 5.69 Å². The number of anilines is 1. The maximum atomic E-state index is 12.2. The molecule has 4 aromatic heterocycles. The molecule has 5 rings (SSSR count). The van der Waals surface area contributed by atoms with Gasteiger partial charge in [-0.05, 0) is 37.5 Å². The van der Waals surface area contributed by atoms with Crippen LogP contribution in [0.5, 0.6) is 0 Å². The Balaban J connectivity index is 1.73. The summed E-state index contributed by atoms with van der Waals surface area (Å²) in [4.78, 5) is 21.5.